The molecule has 1 aromatic carbocycles. The van der Waals surface area contributed by atoms with Crippen molar-refractivity contribution in [3.63, 3.8) is 0 Å². The minimum atomic E-state index is -3.59. The van der Waals surface area contributed by atoms with E-state index in [9.17, 15) is 8.42 Å². The van der Waals surface area contributed by atoms with Gasteiger partial charge in [-0.1, -0.05) is 17.7 Å². The van der Waals surface area contributed by atoms with Crippen LogP contribution in [0.5, 0.6) is 0 Å². The summed E-state index contributed by atoms with van der Waals surface area (Å²) in [4.78, 5) is 8.44. The van der Waals surface area contributed by atoms with Crippen LogP contribution in [-0.2, 0) is 10.0 Å². The highest BCUT2D eigenvalue weighted by Gasteiger charge is 2.13. The van der Waals surface area contributed by atoms with Crippen LogP contribution in [0.3, 0.4) is 0 Å². The predicted octanol–water partition coefficient (Wildman–Crippen LogP) is 2.31. The van der Waals surface area contributed by atoms with Gasteiger partial charge >= 0.3 is 0 Å². The zero-order valence-corrected chi connectivity index (χ0v) is 14.7. The SMILES string of the molecule is O=S(=O)(NCCNc1cc(-n2cccc2)ncn1)c1cccc(Cl)c1. The van der Waals surface area contributed by atoms with E-state index in [0.29, 0.717) is 17.4 Å². The third kappa shape index (κ3) is 4.56. The lowest BCUT2D eigenvalue weighted by atomic mass is 10.4. The van der Waals surface area contributed by atoms with Crippen LogP contribution in [0.15, 0.2) is 66.1 Å². The first-order chi connectivity index (χ1) is 12.0. The van der Waals surface area contributed by atoms with Crippen LogP contribution in [0, 0.1) is 0 Å². The Labute approximate surface area is 150 Å². The molecule has 0 unspecified atom stereocenters. The molecule has 0 fully saturated rings. The Balaban J connectivity index is 1.56. The third-order valence-corrected chi connectivity index (χ3v) is 5.05. The van der Waals surface area contributed by atoms with Gasteiger partial charge in [0.25, 0.3) is 0 Å². The minimum absolute atomic E-state index is 0.136. The number of hydrogen-bond acceptors (Lipinski definition) is 5. The maximum atomic E-state index is 12.2. The van der Waals surface area contributed by atoms with Gasteiger partial charge < -0.3 is 9.88 Å². The molecule has 25 heavy (non-hydrogen) atoms. The lowest BCUT2D eigenvalue weighted by Gasteiger charge is -2.09. The number of anilines is 1. The Morgan fingerprint density at radius 3 is 2.60 bits per heavy atom. The molecule has 0 spiro atoms. The monoisotopic (exact) mass is 377 g/mol. The van der Waals surface area contributed by atoms with Crippen LogP contribution in [-0.4, -0.2) is 36.0 Å². The summed E-state index contributed by atoms with van der Waals surface area (Å²) in [5.41, 5.74) is 0. The molecule has 0 bridgehead atoms. The number of hydrogen-bond donors (Lipinski definition) is 2. The zero-order valence-electron chi connectivity index (χ0n) is 13.1. The standard InChI is InChI=1S/C16H16ClN5O2S/c17-13-4-3-5-14(10-13)25(23,24)21-7-6-18-15-11-16(20-12-19-15)22-8-1-2-9-22/h1-5,8-12,21H,6-7H2,(H,18,19,20). The largest absolute Gasteiger partial charge is 0.369 e. The molecule has 7 nitrogen and oxygen atoms in total. The molecule has 0 aliphatic rings. The van der Waals surface area contributed by atoms with E-state index in [0.717, 1.165) is 5.82 Å². The van der Waals surface area contributed by atoms with Gasteiger partial charge in [0.2, 0.25) is 10.0 Å². The van der Waals surface area contributed by atoms with Gasteiger partial charge in [0.1, 0.15) is 18.0 Å². The highest BCUT2D eigenvalue weighted by molar-refractivity contribution is 7.89. The van der Waals surface area contributed by atoms with Crippen molar-refractivity contribution < 1.29 is 8.42 Å². The summed E-state index contributed by atoms with van der Waals surface area (Å²) in [7, 11) is -3.59. The molecule has 0 saturated carbocycles. The van der Waals surface area contributed by atoms with Gasteiger partial charge in [0.05, 0.1) is 4.90 Å². The van der Waals surface area contributed by atoms with Crippen molar-refractivity contribution in [1.29, 1.82) is 0 Å². The van der Waals surface area contributed by atoms with Gasteiger partial charge in [-0.25, -0.2) is 23.1 Å². The maximum absolute atomic E-state index is 12.2. The number of sulfonamides is 1. The van der Waals surface area contributed by atoms with E-state index in [4.69, 9.17) is 11.6 Å². The van der Waals surface area contributed by atoms with Crippen molar-refractivity contribution in [3.05, 3.63) is 66.2 Å². The molecule has 3 rings (SSSR count). The fraction of sp³-hybridized carbons (Fsp3) is 0.125. The van der Waals surface area contributed by atoms with Gasteiger partial charge in [-0.2, -0.15) is 0 Å². The Bertz CT molecular complexity index is 945. The molecule has 9 heteroatoms. The fourth-order valence-electron chi connectivity index (χ4n) is 2.17. The molecule has 0 saturated heterocycles. The Kier molecular flexibility index (Phi) is 5.32. The number of benzene rings is 1. The molecule has 0 radical (unpaired) electrons. The second-order valence-electron chi connectivity index (χ2n) is 5.13. The van der Waals surface area contributed by atoms with E-state index in [-0.39, 0.29) is 11.4 Å². The van der Waals surface area contributed by atoms with Crippen LogP contribution in [0.25, 0.3) is 5.82 Å². The van der Waals surface area contributed by atoms with Crippen molar-refractivity contribution >= 4 is 27.4 Å². The lowest BCUT2D eigenvalue weighted by molar-refractivity contribution is 0.583. The highest BCUT2D eigenvalue weighted by atomic mass is 35.5. The van der Waals surface area contributed by atoms with E-state index in [2.05, 4.69) is 20.0 Å². The number of nitrogens with one attached hydrogen (secondary N) is 2. The molecule has 0 amide bonds. The van der Waals surface area contributed by atoms with Crippen molar-refractivity contribution in [2.45, 2.75) is 4.90 Å². The van der Waals surface area contributed by atoms with E-state index in [1.54, 1.807) is 18.2 Å². The van der Waals surface area contributed by atoms with Crippen LogP contribution in [0.1, 0.15) is 0 Å². The van der Waals surface area contributed by atoms with Gasteiger partial charge in [0, 0.05) is 36.6 Å². The second kappa shape index (κ2) is 7.64. The maximum Gasteiger partial charge on any atom is 0.240 e. The number of rotatable bonds is 7. The molecular weight excluding hydrogens is 362 g/mol. The van der Waals surface area contributed by atoms with E-state index < -0.39 is 10.0 Å². The predicted molar refractivity (Wildman–Crippen MR) is 96.5 cm³/mol. The lowest BCUT2D eigenvalue weighted by Crippen LogP contribution is -2.29. The van der Waals surface area contributed by atoms with E-state index in [1.807, 2.05) is 29.1 Å². The first-order valence-corrected chi connectivity index (χ1v) is 9.35. The van der Waals surface area contributed by atoms with Crippen molar-refractivity contribution in [1.82, 2.24) is 19.3 Å². The zero-order chi connectivity index (χ0) is 17.7. The van der Waals surface area contributed by atoms with Crippen LogP contribution >= 0.6 is 11.6 Å². The van der Waals surface area contributed by atoms with Gasteiger partial charge in [0.15, 0.2) is 0 Å². The number of nitrogens with zero attached hydrogens (tertiary/aromatic N) is 3. The van der Waals surface area contributed by atoms with Gasteiger partial charge in [-0.15, -0.1) is 0 Å². The molecule has 3 aromatic rings. The average Bonchev–Trinajstić information content (AvgIpc) is 3.14. The average molecular weight is 378 g/mol. The third-order valence-electron chi connectivity index (χ3n) is 3.35. The molecular formula is C16H16ClN5O2S. The second-order valence-corrected chi connectivity index (χ2v) is 7.34. The summed E-state index contributed by atoms with van der Waals surface area (Å²) in [6, 6.07) is 11.7. The first-order valence-electron chi connectivity index (χ1n) is 7.49. The van der Waals surface area contributed by atoms with Crippen LogP contribution in [0.4, 0.5) is 5.82 Å². The molecule has 0 aliphatic carbocycles. The summed E-state index contributed by atoms with van der Waals surface area (Å²) in [5, 5.41) is 3.44. The number of aromatic nitrogens is 3. The van der Waals surface area contributed by atoms with E-state index in [1.165, 1.54) is 18.5 Å². The molecule has 0 atom stereocenters. The summed E-state index contributed by atoms with van der Waals surface area (Å²) in [5.74, 6) is 1.34. The molecule has 130 valence electrons. The Morgan fingerprint density at radius 2 is 1.84 bits per heavy atom. The van der Waals surface area contributed by atoms with Gasteiger partial charge in [-0.3, -0.25) is 0 Å². The summed E-state index contributed by atoms with van der Waals surface area (Å²) in [6.45, 7) is 0.583. The van der Waals surface area contributed by atoms with Crippen molar-refractivity contribution in [3.8, 4) is 5.82 Å². The normalized spacial score (nSPS) is 11.4. The number of halogens is 1. The minimum Gasteiger partial charge on any atom is -0.369 e. The van der Waals surface area contributed by atoms with Crippen LogP contribution < -0.4 is 10.0 Å². The van der Waals surface area contributed by atoms with Crippen molar-refractivity contribution in [2.75, 3.05) is 18.4 Å². The molecule has 2 N–H and O–H groups in total. The van der Waals surface area contributed by atoms with Crippen molar-refractivity contribution in [2.24, 2.45) is 0 Å². The van der Waals surface area contributed by atoms with Crippen LogP contribution in [0.2, 0.25) is 5.02 Å². The summed E-state index contributed by atoms with van der Waals surface area (Å²) < 4.78 is 28.7. The molecule has 0 aliphatic heterocycles. The fourth-order valence-corrected chi connectivity index (χ4v) is 3.50. The van der Waals surface area contributed by atoms with E-state index >= 15 is 0 Å². The smallest absolute Gasteiger partial charge is 0.240 e. The topological polar surface area (TPSA) is 88.9 Å². The summed E-state index contributed by atoms with van der Waals surface area (Å²) in [6.07, 6.45) is 5.21. The molecule has 2 heterocycles. The first kappa shape index (κ1) is 17.4. The molecule has 2 aromatic heterocycles. The Hall–Kier alpha value is -2.42. The van der Waals surface area contributed by atoms with Gasteiger partial charge in [-0.05, 0) is 30.3 Å². The summed E-state index contributed by atoms with van der Waals surface area (Å²) >= 11 is 5.83. The quantitative estimate of drug-likeness (QED) is 0.617. The Morgan fingerprint density at radius 1 is 1.04 bits per heavy atom. The highest BCUT2D eigenvalue weighted by Crippen LogP contribution is 2.15.